The highest BCUT2D eigenvalue weighted by Crippen LogP contribution is 2.12. The summed E-state index contributed by atoms with van der Waals surface area (Å²) in [6.45, 7) is 0. The van der Waals surface area contributed by atoms with Crippen LogP contribution in [0.5, 0.6) is 0 Å². The van der Waals surface area contributed by atoms with E-state index in [0.717, 1.165) is 0 Å². The van der Waals surface area contributed by atoms with E-state index in [2.05, 4.69) is 54.6 Å². The Kier molecular flexibility index (Phi) is 2.97. The van der Waals surface area contributed by atoms with E-state index < -0.39 is 0 Å². The lowest BCUT2D eigenvalue weighted by atomic mass is 10.1. The standard InChI is InChI=1S/C14H14/c1-3-7-13(8-4-1)11-12-14-9-5-2-6-10-14/h1,3-5,7-12H,2,6H2. The van der Waals surface area contributed by atoms with Gasteiger partial charge in [-0.2, -0.15) is 0 Å². The predicted molar refractivity (Wildman–Crippen MR) is 61.9 cm³/mol. The van der Waals surface area contributed by atoms with E-state index >= 15 is 0 Å². The van der Waals surface area contributed by atoms with Gasteiger partial charge in [-0.3, -0.25) is 0 Å². The van der Waals surface area contributed by atoms with Crippen molar-refractivity contribution in [2.45, 2.75) is 12.8 Å². The van der Waals surface area contributed by atoms with E-state index in [-0.39, 0.29) is 0 Å². The van der Waals surface area contributed by atoms with E-state index in [1.807, 2.05) is 6.07 Å². The molecule has 2 rings (SSSR count). The maximum Gasteiger partial charge on any atom is -0.0256 e. The molecule has 14 heavy (non-hydrogen) atoms. The Morgan fingerprint density at radius 2 is 1.79 bits per heavy atom. The van der Waals surface area contributed by atoms with Crippen LogP contribution < -0.4 is 0 Å². The van der Waals surface area contributed by atoms with Gasteiger partial charge in [0.25, 0.3) is 0 Å². The van der Waals surface area contributed by atoms with Gasteiger partial charge in [-0.05, 0) is 24.0 Å². The fourth-order valence-corrected chi connectivity index (χ4v) is 1.51. The Bertz CT molecular complexity index is 366. The van der Waals surface area contributed by atoms with Crippen molar-refractivity contribution < 1.29 is 0 Å². The van der Waals surface area contributed by atoms with Crippen LogP contribution in [0.4, 0.5) is 0 Å². The van der Waals surface area contributed by atoms with Gasteiger partial charge in [-0.1, -0.05) is 60.7 Å². The highest BCUT2D eigenvalue weighted by molar-refractivity contribution is 5.54. The van der Waals surface area contributed by atoms with Gasteiger partial charge >= 0.3 is 0 Å². The van der Waals surface area contributed by atoms with Crippen LogP contribution in [0.25, 0.3) is 6.08 Å². The van der Waals surface area contributed by atoms with Gasteiger partial charge in [0, 0.05) is 0 Å². The zero-order valence-corrected chi connectivity index (χ0v) is 8.19. The van der Waals surface area contributed by atoms with E-state index in [0.29, 0.717) is 0 Å². The molecule has 0 saturated carbocycles. The van der Waals surface area contributed by atoms with Gasteiger partial charge in [0.15, 0.2) is 0 Å². The first-order valence-electron chi connectivity index (χ1n) is 5.05. The van der Waals surface area contributed by atoms with E-state index in [9.17, 15) is 0 Å². The molecule has 70 valence electrons. The monoisotopic (exact) mass is 182 g/mol. The first-order valence-corrected chi connectivity index (χ1v) is 5.05. The second-order valence-corrected chi connectivity index (χ2v) is 3.43. The first-order chi connectivity index (χ1) is 6.95. The fraction of sp³-hybridized carbons (Fsp3) is 0.143. The molecular weight excluding hydrogens is 168 g/mol. The molecule has 0 saturated heterocycles. The topological polar surface area (TPSA) is 0 Å². The van der Waals surface area contributed by atoms with Crippen LogP contribution >= 0.6 is 0 Å². The number of hydrogen-bond donors (Lipinski definition) is 0. The van der Waals surface area contributed by atoms with Crippen LogP contribution in [0, 0.1) is 0 Å². The predicted octanol–water partition coefficient (Wildman–Crippen LogP) is 3.98. The third-order valence-corrected chi connectivity index (χ3v) is 2.29. The molecule has 0 aromatic heterocycles. The first kappa shape index (κ1) is 9.01. The molecule has 1 aromatic rings. The molecule has 0 heteroatoms. The second kappa shape index (κ2) is 4.61. The van der Waals surface area contributed by atoms with Gasteiger partial charge in [-0.25, -0.2) is 0 Å². The number of rotatable bonds is 2. The molecule has 0 fully saturated rings. The summed E-state index contributed by atoms with van der Waals surface area (Å²) in [4.78, 5) is 0. The van der Waals surface area contributed by atoms with E-state index in [4.69, 9.17) is 0 Å². The zero-order chi connectivity index (χ0) is 9.64. The summed E-state index contributed by atoms with van der Waals surface area (Å²) in [7, 11) is 0. The largest absolute Gasteiger partial charge is 0.0836 e. The van der Waals surface area contributed by atoms with E-state index in [1.165, 1.54) is 24.0 Å². The minimum absolute atomic E-state index is 1.17. The number of allylic oxidation sites excluding steroid dienone is 5. The number of hydrogen-bond acceptors (Lipinski definition) is 0. The van der Waals surface area contributed by atoms with Crippen molar-refractivity contribution in [1.29, 1.82) is 0 Å². The summed E-state index contributed by atoms with van der Waals surface area (Å²) in [6.07, 6.45) is 13.4. The summed E-state index contributed by atoms with van der Waals surface area (Å²) in [5.74, 6) is 0. The van der Waals surface area contributed by atoms with Crippen molar-refractivity contribution >= 4 is 6.08 Å². The van der Waals surface area contributed by atoms with Crippen molar-refractivity contribution in [1.82, 2.24) is 0 Å². The second-order valence-electron chi connectivity index (χ2n) is 3.43. The number of benzene rings is 1. The van der Waals surface area contributed by atoms with Crippen LogP contribution in [0.2, 0.25) is 0 Å². The molecule has 0 bridgehead atoms. The van der Waals surface area contributed by atoms with Gasteiger partial charge in [-0.15, -0.1) is 0 Å². The van der Waals surface area contributed by atoms with Crippen molar-refractivity contribution in [2.24, 2.45) is 0 Å². The molecule has 1 aromatic carbocycles. The summed E-state index contributed by atoms with van der Waals surface area (Å²) in [5.41, 5.74) is 2.58. The Morgan fingerprint density at radius 1 is 0.929 bits per heavy atom. The summed E-state index contributed by atoms with van der Waals surface area (Å²) in [6, 6.07) is 10.4. The van der Waals surface area contributed by atoms with Crippen LogP contribution in [0.1, 0.15) is 18.4 Å². The summed E-state index contributed by atoms with van der Waals surface area (Å²) < 4.78 is 0. The molecule has 0 amide bonds. The fourth-order valence-electron chi connectivity index (χ4n) is 1.51. The Hall–Kier alpha value is -1.56. The molecule has 1 aliphatic carbocycles. The van der Waals surface area contributed by atoms with Gasteiger partial charge < -0.3 is 0 Å². The van der Waals surface area contributed by atoms with Gasteiger partial charge in [0.1, 0.15) is 0 Å². The molecule has 0 aliphatic heterocycles. The molecule has 0 unspecified atom stereocenters. The Balaban J connectivity index is 2.07. The smallest absolute Gasteiger partial charge is 0.0256 e. The molecule has 0 atom stereocenters. The highest BCUT2D eigenvalue weighted by Gasteiger charge is 1.91. The van der Waals surface area contributed by atoms with Crippen molar-refractivity contribution in [3.8, 4) is 0 Å². The van der Waals surface area contributed by atoms with Crippen molar-refractivity contribution in [3.63, 3.8) is 0 Å². The SMILES string of the molecule is C1=CC(C=Cc2ccccc2)=CCC1. The van der Waals surface area contributed by atoms with Crippen LogP contribution in [0.3, 0.4) is 0 Å². The van der Waals surface area contributed by atoms with Crippen LogP contribution in [0.15, 0.2) is 60.2 Å². The Labute approximate surface area is 85.3 Å². The maximum atomic E-state index is 2.28. The molecule has 0 radical (unpaired) electrons. The lowest BCUT2D eigenvalue weighted by Crippen LogP contribution is -1.79. The van der Waals surface area contributed by atoms with Gasteiger partial charge in [0.05, 0.1) is 0 Å². The molecule has 0 nitrogen and oxygen atoms in total. The molecule has 0 N–H and O–H groups in total. The average molecular weight is 182 g/mol. The third-order valence-electron chi connectivity index (χ3n) is 2.29. The molecule has 0 heterocycles. The lowest BCUT2D eigenvalue weighted by Gasteiger charge is -2.00. The van der Waals surface area contributed by atoms with Crippen LogP contribution in [-0.4, -0.2) is 0 Å². The quantitative estimate of drug-likeness (QED) is 0.649. The average Bonchev–Trinajstić information content (AvgIpc) is 2.29. The van der Waals surface area contributed by atoms with Crippen LogP contribution in [-0.2, 0) is 0 Å². The highest BCUT2D eigenvalue weighted by atomic mass is 14.0. The lowest BCUT2D eigenvalue weighted by molar-refractivity contribution is 1.03. The molecular formula is C14H14. The molecule has 0 spiro atoms. The van der Waals surface area contributed by atoms with Gasteiger partial charge in [0.2, 0.25) is 0 Å². The van der Waals surface area contributed by atoms with Crippen molar-refractivity contribution in [2.75, 3.05) is 0 Å². The summed E-state index contributed by atoms with van der Waals surface area (Å²) in [5, 5.41) is 0. The third kappa shape index (κ3) is 2.46. The molecule has 1 aliphatic rings. The normalized spacial score (nSPS) is 15.9. The summed E-state index contributed by atoms with van der Waals surface area (Å²) >= 11 is 0. The van der Waals surface area contributed by atoms with Crippen molar-refractivity contribution in [3.05, 3.63) is 65.8 Å². The minimum atomic E-state index is 1.17. The maximum absolute atomic E-state index is 2.28. The Morgan fingerprint density at radius 3 is 2.50 bits per heavy atom. The van der Waals surface area contributed by atoms with E-state index in [1.54, 1.807) is 0 Å². The minimum Gasteiger partial charge on any atom is -0.0836 e. The zero-order valence-electron chi connectivity index (χ0n) is 8.19.